The molecule has 12 heavy (non-hydrogen) atoms. The van der Waals surface area contributed by atoms with Gasteiger partial charge >= 0.3 is 0 Å². The fraction of sp³-hybridized carbons (Fsp3) is 0.500. The molecule has 0 radical (unpaired) electrons. The standard InChI is InChI=1S/C8H10ClN3/c9-7-3-8(12-11-5-7)6-1-2-10-4-6/h3,5-6,10H,1-2,4H2. The largest absolute Gasteiger partial charge is 0.316 e. The van der Waals surface area contributed by atoms with Crippen LogP contribution in [-0.2, 0) is 0 Å². The summed E-state index contributed by atoms with van der Waals surface area (Å²) < 4.78 is 0. The highest BCUT2D eigenvalue weighted by molar-refractivity contribution is 6.30. The molecule has 1 aromatic heterocycles. The van der Waals surface area contributed by atoms with Crippen molar-refractivity contribution in [3.8, 4) is 0 Å². The van der Waals surface area contributed by atoms with Gasteiger partial charge in [0.15, 0.2) is 0 Å². The molecule has 1 aromatic rings. The Balaban J connectivity index is 2.21. The zero-order chi connectivity index (χ0) is 8.39. The van der Waals surface area contributed by atoms with Crippen molar-refractivity contribution in [1.82, 2.24) is 15.5 Å². The quantitative estimate of drug-likeness (QED) is 0.711. The molecule has 64 valence electrons. The number of hydrogen-bond donors (Lipinski definition) is 1. The minimum Gasteiger partial charge on any atom is -0.316 e. The summed E-state index contributed by atoms with van der Waals surface area (Å²) in [5, 5.41) is 11.8. The summed E-state index contributed by atoms with van der Waals surface area (Å²) in [4.78, 5) is 0. The first-order valence-corrected chi connectivity index (χ1v) is 4.43. The minimum absolute atomic E-state index is 0.496. The first-order chi connectivity index (χ1) is 5.86. The first kappa shape index (κ1) is 7.95. The van der Waals surface area contributed by atoms with Gasteiger partial charge in [0.1, 0.15) is 0 Å². The van der Waals surface area contributed by atoms with Crippen molar-refractivity contribution in [2.45, 2.75) is 12.3 Å². The highest BCUT2D eigenvalue weighted by atomic mass is 35.5. The van der Waals surface area contributed by atoms with Gasteiger partial charge in [0.05, 0.1) is 16.9 Å². The van der Waals surface area contributed by atoms with Crippen molar-refractivity contribution < 1.29 is 0 Å². The van der Waals surface area contributed by atoms with E-state index in [2.05, 4.69) is 15.5 Å². The third-order valence-corrected chi connectivity index (χ3v) is 2.33. The lowest BCUT2D eigenvalue weighted by atomic mass is 10.1. The summed E-state index contributed by atoms with van der Waals surface area (Å²) in [5.74, 6) is 0.496. The number of nitrogens with one attached hydrogen (secondary N) is 1. The topological polar surface area (TPSA) is 37.8 Å². The zero-order valence-electron chi connectivity index (χ0n) is 6.63. The molecule has 1 saturated heterocycles. The third kappa shape index (κ3) is 1.57. The Morgan fingerprint density at radius 1 is 1.58 bits per heavy atom. The number of aromatic nitrogens is 2. The summed E-state index contributed by atoms with van der Waals surface area (Å²) in [6.07, 6.45) is 2.70. The van der Waals surface area contributed by atoms with E-state index in [0.29, 0.717) is 10.9 Å². The maximum absolute atomic E-state index is 5.80. The van der Waals surface area contributed by atoms with Crippen molar-refractivity contribution >= 4 is 11.6 Å². The summed E-state index contributed by atoms with van der Waals surface area (Å²) in [7, 11) is 0. The predicted octanol–water partition coefficient (Wildman–Crippen LogP) is 1.21. The van der Waals surface area contributed by atoms with E-state index < -0.39 is 0 Å². The Bertz CT molecular complexity index is 271. The van der Waals surface area contributed by atoms with Gasteiger partial charge in [0.2, 0.25) is 0 Å². The zero-order valence-corrected chi connectivity index (χ0v) is 7.38. The Labute approximate surface area is 76.1 Å². The molecule has 1 unspecified atom stereocenters. The maximum atomic E-state index is 5.80. The summed E-state index contributed by atoms with van der Waals surface area (Å²) in [6.45, 7) is 2.06. The number of rotatable bonds is 1. The van der Waals surface area contributed by atoms with Crippen LogP contribution in [0.1, 0.15) is 18.0 Å². The van der Waals surface area contributed by atoms with E-state index in [-0.39, 0.29) is 0 Å². The Kier molecular flexibility index (Phi) is 2.23. The molecule has 0 aromatic carbocycles. The second kappa shape index (κ2) is 3.37. The fourth-order valence-corrected chi connectivity index (χ4v) is 1.62. The molecule has 0 amide bonds. The van der Waals surface area contributed by atoms with Crippen molar-refractivity contribution in [1.29, 1.82) is 0 Å². The van der Waals surface area contributed by atoms with Crippen molar-refractivity contribution in [3.05, 3.63) is 23.0 Å². The van der Waals surface area contributed by atoms with Gasteiger partial charge in [-0.1, -0.05) is 11.6 Å². The monoisotopic (exact) mass is 183 g/mol. The van der Waals surface area contributed by atoms with E-state index >= 15 is 0 Å². The van der Waals surface area contributed by atoms with E-state index in [1.165, 1.54) is 0 Å². The average Bonchev–Trinajstić information content (AvgIpc) is 2.56. The molecule has 0 bridgehead atoms. The van der Waals surface area contributed by atoms with Crippen LogP contribution in [0.15, 0.2) is 12.3 Å². The molecular weight excluding hydrogens is 174 g/mol. The lowest BCUT2D eigenvalue weighted by Crippen LogP contribution is -2.09. The van der Waals surface area contributed by atoms with Crippen LogP contribution in [0.5, 0.6) is 0 Å². The first-order valence-electron chi connectivity index (χ1n) is 4.05. The molecule has 1 atom stereocenters. The smallest absolute Gasteiger partial charge is 0.0689 e. The van der Waals surface area contributed by atoms with Gasteiger partial charge in [-0.25, -0.2) is 0 Å². The molecule has 0 aliphatic carbocycles. The second-order valence-corrected chi connectivity index (χ2v) is 3.42. The van der Waals surface area contributed by atoms with Crippen LogP contribution >= 0.6 is 11.6 Å². The molecule has 0 spiro atoms. The van der Waals surface area contributed by atoms with E-state index in [0.717, 1.165) is 25.2 Å². The van der Waals surface area contributed by atoms with Crippen LogP contribution in [0.2, 0.25) is 5.02 Å². The number of hydrogen-bond acceptors (Lipinski definition) is 3. The fourth-order valence-electron chi connectivity index (χ4n) is 1.46. The lowest BCUT2D eigenvalue weighted by molar-refractivity contribution is 0.714. The van der Waals surface area contributed by atoms with E-state index in [1.807, 2.05) is 6.07 Å². The van der Waals surface area contributed by atoms with Gasteiger partial charge in [-0.05, 0) is 19.0 Å². The minimum atomic E-state index is 0.496. The second-order valence-electron chi connectivity index (χ2n) is 2.99. The van der Waals surface area contributed by atoms with Crippen LogP contribution in [-0.4, -0.2) is 23.3 Å². The van der Waals surface area contributed by atoms with Crippen molar-refractivity contribution in [3.63, 3.8) is 0 Å². The van der Waals surface area contributed by atoms with E-state index in [9.17, 15) is 0 Å². The van der Waals surface area contributed by atoms with E-state index in [4.69, 9.17) is 11.6 Å². The molecule has 3 nitrogen and oxygen atoms in total. The SMILES string of the molecule is Clc1cnnc(C2CCNC2)c1. The summed E-state index contributed by atoms with van der Waals surface area (Å²) in [6, 6.07) is 1.90. The normalized spacial score (nSPS) is 22.9. The molecule has 2 heterocycles. The number of halogens is 1. The molecule has 2 rings (SSSR count). The van der Waals surface area contributed by atoms with Crippen LogP contribution < -0.4 is 5.32 Å². The van der Waals surface area contributed by atoms with Crippen LogP contribution in [0.25, 0.3) is 0 Å². The Hall–Kier alpha value is -0.670. The van der Waals surface area contributed by atoms with E-state index in [1.54, 1.807) is 6.20 Å². The van der Waals surface area contributed by atoms with Gasteiger partial charge < -0.3 is 5.32 Å². The lowest BCUT2D eigenvalue weighted by Gasteiger charge is -2.05. The van der Waals surface area contributed by atoms with Crippen molar-refractivity contribution in [2.75, 3.05) is 13.1 Å². The van der Waals surface area contributed by atoms with Crippen molar-refractivity contribution in [2.24, 2.45) is 0 Å². The van der Waals surface area contributed by atoms with Gasteiger partial charge in [-0.3, -0.25) is 0 Å². The molecular formula is C8H10ClN3. The van der Waals surface area contributed by atoms with Crippen LogP contribution in [0.3, 0.4) is 0 Å². The molecule has 0 saturated carbocycles. The number of nitrogens with zero attached hydrogens (tertiary/aromatic N) is 2. The Morgan fingerprint density at radius 2 is 2.50 bits per heavy atom. The molecule has 1 aliphatic heterocycles. The van der Waals surface area contributed by atoms with Crippen LogP contribution in [0, 0.1) is 0 Å². The Morgan fingerprint density at radius 3 is 3.17 bits per heavy atom. The summed E-state index contributed by atoms with van der Waals surface area (Å²) in [5.41, 5.74) is 1.01. The molecule has 1 N–H and O–H groups in total. The van der Waals surface area contributed by atoms with Crippen LogP contribution in [0.4, 0.5) is 0 Å². The highest BCUT2D eigenvalue weighted by Gasteiger charge is 2.18. The van der Waals surface area contributed by atoms with Gasteiger partial charge in [-0.2, -0.15) is 10.2 Å². The molecule has 4 heteroatoms. The molecule has 1 aliphatic rings. The predicted molar refractivity (Wildman–Crippen MR) is 47.3 cm³/mol. The van der Waals surface area contributed by atoms with Gasteiger partial charge in [0.25, 0.3) is 0 Å². The average molecular weight is 184 g/mol. The molecule has 1 fully saturated rings. The third-order valence-electron chi connectivity index (χ3n) is 2.12. The highest BCUT2D eigenvalue weighted by Crippen LogP contribution is 2.21. The van der Waals surface area contributed by atoms with Gasteiger partial charge in [-0.15, -0.1) is 0 Å². The summed E-state index contributed by atoms with van der Waals surface area (Å²) >= 11 is 5.80. The van der Waals surface area contributed by atoms with Gasteiger partial charge in [0, 0.05) is 12.5 Å². The maximum Gasteiger partial charge on any atom is 0.0689 e.